The van der Waals surface area contributed by atoms with Crippen LogP contribution < -0.4 is 5.73 Å². The molecule has 2 N–H and O–H groups in total. The zero-order valence-electron chi connectivity index (χ0n) is 7.57. The van der Waals surface area contributed by atoms with Crippen molar-refractivity contribution >= 4 is 21.9 Å². The summed E-state index contributed by atoms with van der Waals surface area (Å²) in [5.74, 6) is 0.268. The Morgan fingerprint density at radius 3 is 2.79 bits per heavy atom. The number of hydrogen-bond acceptors (Lipinski definition) is 4. The Labute approximate surface area is 90.0 Å². The Hall–Kier alpha value is -1.09. The minimum absolute atomic E-state index is 0.122. The van der Waals surface area contributed by atoms with Crippen molar-refractivity contribution in [2.45, 2.75) is 25.8 Å². The highest BCUT2D eigenvalue weighted by atomic mass is 79.9. The van der Waals surface area contributed by atoms with Crippen molar-refractivity contribution in [2.75, 3.05) is 5.73 Å². The maximum Gasteiger partial charge on any atom is 0.240 e. The molecule has 1 heterocycles. The molecule has 0 amide bonds. The van der Waals surface area contributed by atoms with Crippen molar-refractivity contribution in [1.29, 1.82) is 5.26 Å². The van der Waals surface area contributed by atoms with Gasteiger partial charge in [0.15, 0.2) is 4.73 Å². The van der Waals surface area contributed by atoms with Crippen LogP contribution >= 0.6 is 15.9 Å². The summed E-state index contributed by atoms with van der Waals surface area (Å²) in [6, 6.07) is 2.21. The van der Waals surface area contributed by atoms with Crippen LogP contribution in [0.2, 0.25) is 0 Å². The predicted octanol–water partition coefficient (Wildman–Crippen LogP) is 1.32. The van der Waals surface area contributed by atoms with Crippen LogP contribution in [0.25, 0.3) is 0 Å². The van der Waals surface area contributed by atoms with Crippen LogP contribution in [0.5, 0.6) is 0 Å². The first-order chi connectivity index (χ1) is 6.65. The number of halogens is 1. The summed E-state index contributed by atoms with van der Waals surface area (Å²) in [7, 11) is 0. The maximum atomic E-state index is 8.66. The Morgan fingerprint density at radius 1 is 1.64 bits per heavy atom. The molecule has 0 aliphatic heterocycles. The van der Waals surface area contributed by atoms with Crippen molar-refractivity contribution in [3.63, 3.8) is 0 Å². The largest absolute Gasteiger partial charge is 0.366 e. The number of aromatic nitrogens is 3. The number of nitriles is 1. The lowest BCUT2D eigenvalue weighted by Gasteiger charge is -2.10. The van der Waals surface area contributed by atoms with Crippen molar-refractivity contribution in [3.8, 4) is 6.07 Å². The van der Waals surface area contributed by atoms with Gasteiger partial charge in [0.05, 0.1) is 12.6 Å². The van der Waals surface area contributed by atoms with Crippen LogP contribution in [-0.2, 0) is 6.54 Å². The molecule has 0 radical (unpaired) electrons. The first-order valence-electron chi connectivity index (χ1n) is 4.38. The highest BCUT2D eigenvalue weighted by Crippen LogP contribution is 2.50. The molecule has 6 heteroatoms. The van der Waals surface area contributed by atoms with Gasteiger partial charge in [0.2, 0.25) is 5.95 Å². The van der Waals surface area contributed by atoms with Gasteiger partial charge in [-0.15, -0.1) is 5.10 Å². The van der Waals surface area contributed by atoms with Gasteiger partial charge < -0.3 is 5.73 Å². The summed E-state index contributed by atoms with van der Waals surface area (Å²) in [6.07, 6.45) is 2.76. The zero-order valence-corrected chi connectivity index (χ0v) is 9.16. The molecule has 0 spiro atoms. The number of hydrogen-bond donors (Lipinski definition) is 1. The second kappa shape index (κ2) is 3.24. The molecule has 1 fully saturated rings. The van der Waals surface area contributed by atoms with E-state index in [9.17, 15) is 0 Å². The van der Waals surface area contributed by atoms with Gasteiger partial charge in [-0.05, 0) is 28.8 Å². The molecule has 1 saturated carbocycles. The lowest BCUT2D eigenvalue weighted by atomic mass is 10.0. The topological polar surface area (TPSA) is 80.5 Å². The van der Waals surface area contributed by atoms with E-state index in [0.29, 0.717) is 11.2 Å². The van der Waals surface area contributed by atoms with E-state index in [-0.39, 0.29) is 11.4 Å². The first kappa shape index (κ1) is 9.46. The van der Waals surface area contributed by atoms with Crippen LogP contribution in [0.15, 0.2) is 4.73 Å². The molecule has 74 valence electrons. The number of rotatable bonds is 3. The normalized spacial score (nSPS) is 17.7. The molecule has 0 bridgehead atoms. The fourth-order valence-corrected chi connectivity index (χ4v) is 1.88. The number of nitrogen functional groups attached to an aromatic ring is 1. The summed E-state index contributed by atoms with van der Waals surface area (Å²) in [5, 5.41) is 12.7. The van der Waals surface area contributed by atoms with E-state index in [4.69, 9.17) is 11.0 Å². The van der Waals surface area contributed by atoms with E-state index >= 15 is 0 Å². The van der Waals surface area contributed by atoms with Crippen LogP contribution in [0.3, 0.4) is 0 Å². The number of anilines is 1. The van der Waals surface area contributed by atoms with Gasteiger partial charge in [-0.2, -0.15) is 10.2 Å². The minimum atomic E-state index is 0.122. The van der Waals surface area contributed by atoms with Crippen molar-refractivity contribution < 1.29 is 0 Å². The SMILES string of the molecule is N#CCC1(Cn2nc(N)nc2Br)CC1. The highest BCUT2D eigenvalue weighted by molar-refractivity contribution is 9.10. The van der Waals surface area contributed by atoms with Crippen LogP contribution in [0.4, 0.5) is 5.95 Å². The molecule has 0 aromatic carbocycles. The van der Waals surface area contributed by atoms with Crippen molar-refractivity contribution in [2.24, 2.45) is 5.41 Å². The summed E-state index contributed by atoms with van der Waals surface area (Å²) in [6.45, 7) is 0.728. The van der Waals surface area contributed by atoms with E-state index in [1.165, 1.54) is 0 Å². The van der Waals surface area contributed by atoms with Gasteiger partial charge >= 0.3 is 0 Å². The van der Waals surface area contributed by atoms with Gasteiger partial charge in [-0.3, -0.25) is 0 Å². The van der Waals surface area contributed by atoms with E-state index in [1.54, 1.807) is 4.68 Å². The molecule has 1 aromatic rings. The second-order valence-corrected chi connectivity index (χ2v) is 4.44. The predicted molar refractivity (Wildman–Crippen MR) is 54.0 cm³/mol. The minimum Gasteiger partial charge on any atom is -0.366 e. The smallest absolute Gasteiger partial charge is 0.240 e. The summed E-state index contributed by atoms with van der Waals surface area (Å²) in [5.41, 5.74) is 5.58. The molecule has 0 unspecified atom stereocenters. The quantitative estimate of drug-likeness (QED) is 0.884. The summed E-state index contributed by atoms with van der Waals surface area (Å²) in [4.78, 5) is 3.95. The molecule has 14 heavy (non-hydrogen) atoms. The third-order valence-electron chi connectivity index (χ3n) is 2.54. The Kier molecular flexibility index (Phi) is 2.19. The average molecular weight is 256 g/mol. The van der Waals surface area contributed by atoms with Crippen LogP contribution in [0.1, 0.15) is 19.3 Å². The third kappa shape index (κ3) is 1.73. The molecular formula is C8H10BrN5. The van der Waals surface area contributed by atoms with Gasteiger partial charge in [0, 0.05) is 11.8 Å². The number of nitrogens with zero attached hydrogens (tertiary/aromatic N) is 4. The van der Waals surface area contributed by atoms with E-state index in [0.717, 1.165) is 19.4 Å². The van der Waals surface area contributed by atoms with Gasteiger partial charge in [0.1, 0.15) is 0 Å². The van der Waals surface area contributed by atoms with Gasteiger partial charge in [0.25, 0.3) is 0 Å². The van der Waals surface area contributed by atoms with Crippen LogP contribution in [-0.4, -0.2) is 14.8 Å². The molecular weight excluding hydrogens is 246 g/mol. The molecule has 0 atom stereocenters. The fraction of sp³-hybridized carbons (Fsp3) is 0.625. The Morgan fingerprint density at radius 2 is 2.36 bits per heavy atom. The molecule has 2 rings (SSSR count). The molecule has 5 nitrogen and oxygen atoms in total. The second-order valence-electron chi connectivity index (χ2n) is 3.73. The first-order valence-corrected chi connectivity index (χ1v) is 5.17. The van der Waals surface area contributed by atoms with Crippen molar-refractivity contribution in [3.05, 3.63) is 4.73 Å². The van der Waals surface area contributed by atoms with E-state index in [2.05, 4.69) is 32.1 Å². The molecule has 1 aliphatic rings. The summed E-state index contributed by atoms with van der Waals surface area (Å²) >= 11 is 3.28. The summed E-state index contributed by atoms with van der Waals surface area (Å²) < 4.78 is 2.36. The monoisotopic (exact) mass is 255 g/mol. The molecule has 1 aromatic heterocycles. The van der Waals surface area contributed by atoms with E-state index in [1.807, 2.05) is 0 Å². The standard InChI is InChI=1S/C8H10BrN5/c9-6-12-7(11)13-14(6)5-8(1-2-8)3-4-10/h1-3,5H2,(H2,11,13). The van der Waals surface area contributed by atoms with Gasteiger partial charge in [-0.25, -0.2) is 4.68 Å². The Balaban J connectivity index is 2.11. The zero-order chi connectivity index (χ0) is 10.2. The third-order valence-corrected chi connectivity index (χ3v) is 3.13. The average Bonchev–Trinajstić information content (AvgIpc) is 2.77. The fourth-order valence-electron chi connectivity index (χ4n) is 1.49. The van der Waals surface area contributed by atoms with Crippen LogP contribution in [0, 0.1) is 16.7 Å². The number of nitrogens with two attached hydrogens (primary N) is 1. The highest BCUT2D eigenvalue weighted by Gasteiger charge is 2.43. The maximum absolute atomic E-state index is 8.66. The van der Waals surface area contributed by atoms with Gasteiger partial charge in [-0.1, -0.05) is 0 Å². The Bertz CT molecular complexity index is 387. The van der Waals surface area contributed by atoms with Crippen molar-refractivity contribution in [1.82, 2.24) is 14.8 Å². The van der Waals surface area contributed by atoms with E-state index < -0.39 is 0 Å². The lowest BCUT2D eigenvalue weighted by Crippen LogP contribution is -2.12. The molecule has 1 aliphatic carbocycles. The lowest BCUT2D eigenvalue weighted by molar-refractivity contribution is 0.399. The molecule has 0 saturated heterocycles.